The molecule has 0 radical (unpaired) electrons. The number of sulfonamides is 1. The van der Waals surface area contributed by atoms with Crippen LogP contribution >= 0.6 is 0 Å². The number of nitrogens with zero attached hydrogens (tertiary/aromatic N) is 1. The van der Waals surface area contributed by atoms with Gasteiger partial charge >= 0.3 is 0 Å². The highest BCUT2D eigenvalue weighted by Gasteiger charge is 2.26. The summed E-state index contributed by atoms with van der Waals surface area (Å²) in [5.41, 5.74) is 2.57. The average molecular weight is 451 g/mol. The molecule has 3 aromatic rings. The van der Waals surface area contributed by atoms with E-state index in [-0.39, 0.29) is 23.1 Å². The Hall–Kier alpha value is -3.00. The van der Waals surface area contributed by atoms with Gasteiger partial charge in [-0.05, 0) is 29.3 Å². The normalized spacial score (nSPS) is 14.9. The van der Waals surface area contributed by atoms with E-state index in [2.05, 4.69) is 5.32 Å². The zero-order valence-corrected chi connectivity index (χ0v) is 18.5. The predicted octanol–water partition coefficient (Wildman–Crippen LogP) is 3.87. The number of hydrogen-bond acceptors (Lipinski definition) is 4. The summed E-state index contributed by atoms with van der Waals surface area (Å²) in [6.45, 7) is 1.43. The fraction of sp³-hybridized carbons (Fsp3) is 0.240. The second-order valence-electron chi connectivity index (χ2n) is 7.67. The standard InChI is InChI=1S/C25H26N2O4S/c28-25(19-24(20-8-3-1-4-9-20)21-10-5-2-6-11-21)26-22-12-7-13-23(18-22)32(29,30)27-14-16-31-17-15-27/h1-13,18,24H,14-17,19H2,(H,26,28). The Labute approximate surface area is 188 Å². The third-order valence-electron chi connectivity index (χ3n) is 5.52. The van der Waals surface area contributed by atoms with Crippen LogP contribution in [0.1, 0.15) is 23.5 Å². The molecule has 166 valence electrons. The van der Waals surface area contributed by atoms with E-state index in [1.54, 1.807) is 18.2 Å². The van der Waals surface area contributed by atoms with Crippen LogP contribution in [-0.4, -0.2) is 44.9 Å². The number of ether oxygens (including phenoxy) is 1. The topological polar surface area (TPSA) is 75.7 Å². The molecule has 0 aromatic heterocycles. The average Bonchev–Trinajstić information content (AvgIpc) is 2.84. The Morgan fingerprint density at radius 1 is 0.875 bits per heavy atom. The molecule has 0 unspecified atom stereocenters. The van der Waals surface area contributed by atoms with E-state index >= 15 is 0 Å². The number of benzene rings is 3. The van der Waals surface area contributed by atoms with Crippen molar-refractivity contribution in [2.24, 2.45) is 0 Å². The van der Waals surface area contributed by atoms with Crippen LogP contribution in [0.15, 0.2) is 89.8 Å². The number of anilines is 1. The van der Waals surface area contributed by atoms with Gasteiger partial charge in [-0.25, -0.2) is 8.42 Å². The largest absolute Gasteiger partial charge is 0.379 e. The summed E-state index contributed by atoms with van der Waals surface area (Å²) in [6.07, 6.45) is 0.245. The van der Waals surface area contributed by atoms with Gasteiger partial charge in [0.2, 0.25) is 15.9 Å². The Balaban J connectivity index is 1.51. The molecule has 1 amide bonds. The Morgan fingerprint density at radius 3 is 2.06 bits per heavy atom. The molecule has 4 rings (SSSR count). The van der Waals surface area contributed by atoms with Gasteiger partial charge in [-0.1, -0.05) is 66.7 Å². The number of nitrogens with one attached hydrogen (secondary N) is 1. The van der Waals surface area contributed by atoms with Crippen molar-refractivity contribution in [3.05, 3.63) is 96.1 Å². The molecule has 0 aliphatic carbocycles. The van der Waals surface area contributed by atoms with Crippen LogP contribution in [0.5, 0.6) is 0 Å². The molecule has 6 nitrogen and oxygen atoms in total. The number of amides is 1. The van der Waals surface area contributed by atoms with Gasteiger partial charge in [0, 0.05) is 31.1 Å². The third kappa shape index (κ3) is 5.24. The van der Waals surface area contributed by atoms with Gasteiger partial charge in [0.25, 0.3) is 0 Å². The molecule has 1 aliphatic rings. The van der Waals surface area contributed by atoms with Crippen molar-refractivity contribution in [3.8, 4) is 0 Å². The van der Waals surface area contributed by atoms with Crippen LogP contribution in [0.3, 0.4) is 0 Å². The van der Waals surface area contributed by atoms with E-state index < -0.39 is 10.0 Å². The molecule has 1 fully saturated rings. The lowest BCUT2D eigenvalue weighted by Gasteiger charge is -2.26. The maximum atomic E-state index is 12.9. The maximum Gasteiger partial charge on any atom is 0.243 e. The van der Waals surface area contributed by atoms with Crippen LogP contribution in [-0.2, 0) is 19.6 Å². The summed E-state index contributed by atoms with van der Waals surface area (Å²) >= 11 is 0. The number of carbonyl (C=O) groups excluding carboxylic acids is 1. The minimum absolute atomic E-state index is 0.0994. The maximum absolute atomic E-state index is 12.9. The molecule has 3 aromatic carbocycles. The fourth-order valence-electron chi connectivity index (χ4n) is 3.87. The molecule has 0 saturated carbocycles. The molecular weight excluding hydrogens is 424 g/mol. The zero-order chi connectivity index (χ0) is 22.4. The highest BCUT2D eigenvalue weighted by atomic mass is 32.2. The van der Waals surface area contributed by atoms with Gasteiger partial charge in [0.1, 0.15) is 0 Å². The minimum Gasteiger partial charge on any atom is -0.379 e. The molecule has 32 heavy (non-hydrogen) atoms. The van der Waals surface area contributed by atoms with Crippen LogP contribution < -0.4 is 5.32 Å². The highest BCUT2D eigenvalue weighted by Crippen LogP contribution is 2.28. The molecule has 0 spiro atoms. The number of morpholine rings is 1. The summed E-state index contributed by atoms with van der Waals surface area (Å²) in [5, 5.41) is 2.88. The fourth-order valence-corrected chi connectivity index (χ4v) is 5.32. The first-order valence-corrected chi connectivity index (χ1v) is 12.1. The predicted molar refractivity (Wildman–Crippen MR) is 124 cm³/mol. The molecule has 7 heteroatoms. The van der Waals surface area contributed by atoms with Crippen molar-refractivity contribution in [1.82, 2.24) is 4.31 Å². The first-order chi connectivity index (χ1) is 15.5. The van der Waals surface area contributed by atoms with Crippen molar-refractivity contribution in [2.75, 3.05) is 31.6 Å². The lowest BCUT2D eigenvalue weighted by Crippen LogP contribution is -2.40. The summed E-state index contributed by atoms with van der Waals surface area (Å²) in [5.74, 6) is -0.277. The van der Waals surface area contributed by atoms with Gasteiger partial charge in [-0.2, -0.15) is 4.31 Å². The Morgan fingerprint density at radius 2 is 1.47 bits per heavy atom. The van der Waals surface area contributed by atoms with E-state index in [0.717, 1.165) is 11.1 Å². The van der Waals surface area contributed by atoms with Crippen molar-refractivity contribution >= 4 is 21.6 Å². The molecular formula is C25H26N2O4S. The molecule has 1 saturated heterocycles. The Bertz CT molecular complexity index is 1110. The van der Waals surface area contributed by atoms with Crippen LogP contribution in [0, 0.1) is 0 Å². The van der Waals surface area contributed by atoms with Crippen molar-refractivity contribution in [3.63, 3.8) is 0 Å². The van der Waals surface area contributed by atoms with E-state index in [9.17, 15) is 13.2 Å². The monoisotopic (exact) mass is 450 g/mol. The van der Waals surface area contributed by atoms with Crippen LogP contribution in [0.4, 0.5) is 5.69 Å². The number of carbonyl (C=O) groups is 1. The molecule has 1 N–H and O–H groups in total. The summed E-state index contributed by atoms with van der Waals surface area (Å²) in [4.78, 5) is 13.1. The first-order valence-electron chi connectivity index (χ1n) is 10.6. The third-order valence-corrected chi connectivity index (χ3v) is 7.41. The molecule has 0 atom stereocenters. The zero-order valence-electron chi connectivity index (χ0n) is 17.7. The second-order valence-corrected chi connectivity index (χ2v) is 9.61. The SMILES string of the molecule is O=C(CC(c1ccccc1)c1ccccc1)Nc1cccc(S(=O)(=O)N2CCOCC2)c1. The van der Waals surface area contributed by atoms with Crippen LogP contribution in [0.25, 0.3) is 0 Å². The van der Waals surface area contributed by atoms with Gasteiger partial charge in [-0.15, -0.1) is 0 Å². The van der Waals surface area contributed by atoms with Gasteiger partial charge in [0.05, 0.1) is 18.1 Å². The van der Waals surface area contributed by atoms with Crippen molar-refractivity contribution in [2.45, 2.75) is 17.2 Å². The summed E-state index contributed by atoms with van der Waals surface area (Å²) in [6, 6.07) is 26.2. The molecule has 0 bridgehead atoms. The van der Waals surface area contributed by atoms with E-state index in [0.29, 0.717) is 32.0 Å². The number of rotatable bonds is 7. The lowest BCUT2D eigenvalue weighted by atomic mass is 9.88. The Kier molecular flexibility index (Phi) is 6.99. The van der Waals surface area contributed by atoms with Crippen LogP contribution in [0.2, 0.25) is 0 Å². The van der Waals surface area contributed by atoms with E-state index in [1.165, 1.54) is 10.4 Å². The summed E-state index contributed by atoms with van der Waals surface area (Å²) < 4.78 is 32.5. The lowest BCUT2D eigenvalue weighted by molar-refractivity contribution is -0.116. The van der Waals surface area contributed by atoms with E-state index in [1.807, 2.05) is 60.7 Å². The minimum atomic E-state index is -3.63. The van der Waals surface area contributed by atoms with Gasteiger partial charge in [-0.3, -0.25) is 4.79 Å². The van der Waals surface area contributed by atoms with E-state index in [4.69, 9.17) is 4.74 Å². The second kappa shape index (κ2) is 10.1. The quantitative estimate of drug-likeness (QED) is 0.593. The number of hydrogen-bond donors (Lipinski definition) is 1. The smallest absolute Gasteiger partial charge is 0.243 e. The first kappa shape index (κ1) is 22.2. The van der Waals surface area contributed by atoms with Gasteiger partial charge in [0.15, 0.2) is 0 Å². The van der Waals surface area contributed by atoms with Crippen molar-refractivity contribution in [1.29, 1.82) is 0 Å². The molecule has 1 heterocycles. The van der Waals surface area contributed by atoms with Gasteiger partial charge < -0.3 is 10.1 Å². The summed E-state index contributed by atoms with van der Waals surface area (Å²) in [7, 11) is -3.63. The molecule has 1 aliphatic heterocycles. The highest BCUT2D eigenvalue weighted by molar-refractivity contribution is 7.89. The van der Waals surface area contributed by atoms with Crippen molar-refractivity contribution < 1.29 is 17.9 Å².